The second-order valence-corrected chi connectivity index (χ2v) is 4.59. The van der Waals surface area contributed by atoms with E-state index in [0.29, 0.717) is 18.1 Å². The van der Waals surface area contributed by atoms with Gasteiger partial charge in [0.15, 0.2) is 6.10 Å². The topological polar surface area (TPSA) is 68.9 Å². The van der Waals surface area contributed by atoms with Gasteiger partial charge in [-0.05, 0) is 49.7 Å². The molecule has 0 amide bonds. The summed E-state index contributed by atoms with van der Waals surface area (Å²) in [6, 6.07) is 10.3. The lowest BCUT2D eigenvalue weighted by atomic mass is 10.3. The van der Waals surface area contributed by atoms with Crippen LogP contribution in [0, 0.1) is 0 Å². The Kier molecular flexibility index (Phi) is 4.87. The van der Waals surface area contributed by atoms with Crippen LogP contribution in [0.25, 0.3) is 0 Å². The Morgan fingerprint density at radius 1 is 1.19 bits per heavy atom. The number of hydrogen-bond acceptors (Lipinski definition) is 4. The summed E-state index contributed by atoms with van der Waals surface area (Å²) >= 11 is 0. The maximum Gasteiger partial charge on any atom is 0.371 e. The predicted octanol–water partition coefficient (Wildman–Crippen LogP) is 3.91. The van der Waals surface area contributed by atoms with Crippen molar-refractivity contribution in [2.24, 2.45) is 0 Å². The Balaban J connectivity index is 1.98. The highest BCUT2D eigenvalue weighted by Gasteiger charge is 2.15. The van der Waals surface area contributed by atoms with E-state index in [0.717, 1.165) is 12.2 Å². The molecule has 2 rings (SSSR count). The quantitative estimate of drug-likeness (QED) is 0.837. The van der Waals surface area contributed by atoms with Gasteiger partial charge in [0.25, 0.3) is 0 Å². The first-order chi connectivity index (χ1) is 10.1. The van der Waals surface area contributed by atoms with E-state index in [1.807, 2.05) is 31.2 Å². The Morgan fingerprint density at radius 2 is 1.86 bits per heavy atom. The van der Waals surface area contributed by atoms with Gasteiger partial charge in [-0.3, -0.25) is 0 Å². The average Bonchev–Trinajstić information content (AvgIpc) is 2.97. The zero-order valence-corrected chi connectivity index (χ0v) is 12.0. The predicted molar refractivity (Wildman–Crippen MR) is 76.9 cm³/mol. The third-order valence-electron chi connectivity index (χ3n) is 2.85. The molecule has 0 aliphatic heterocycles. The van der Waals surface area contributed by atoms with Gasteiger partial charge >= 0.3 is 5.97 Å². The molecule has 1 atom stereocenters. The molecule has 1 N–H and O–H groups in total. The lowest BCUT2D eigenvalue weighted by molar-refractivity contribution is 0.0655. The summed E-state index contributed by atoms with van der Waals surface area (Å²) in [6.07, 6.45) is 0.583. The summed E-state index contributed by atoms with van der Waals surface area (Å²) in [5.74, 6) is 0.746. The lowest BCUT2D eigenvalue weighted by Crippen LogP contribution is -2.02. The van der Waals surface area contributed by atoms with Crippen LogP contribution in [0.4, 0.5) is 0 Å². The summed E-state index contributed by atoms with van der Waals surface area (Å²) in [7, 11) is 0. The van der Waals surface area contributed by atoms with Crippen molar-refractivity contribution < 1.29 is 23.8 Å². The molecule has 1 aromatic carbocycles. The van der Waals surface area contributed by atoms with Gasteiger partial charge < -0.3 is 19.0 Å². The van der Waals surface area contributed by atoms with E-state index < -0.39 is 5.97 Å². The molecule has 0 aliphatic rings. The fourth-order valence-corrected chi connectivity index (χ4v) is 1.78. The fourth-order valence-electron chi connectivity index (χ4n) is 1.78. The van der Waals surface area contributed by atoms with E-state index in [-0.39, 0.29) is 11.9 Å². The Labute approximate surface area is 123 Å². The molecule has 1 aromatic heterocycles. The van der Waals surface area contributed by atoms with Crippen LogP contribution in [0.1, 0.15) is 42.7 Å². The van der Waals surface area contributed by atoms with Gasteiger partial charge in [0, 0.05) is 0 Å². The van der Waals surface area contributed by atoms with Crippen LogP contribution in [0.3, 0.4) is 0 Å². The Bertz CT molecular complexity index is 585. The van der Waals surface area contributed by atoms with Crippen molar-refractivity contribution in [3.63, 3.8) is 0 Å². The van der Waals surface area contributed by atoms with Crippen LogP contribution >= 0.6 is 0 Å². The number of aromatic carboxylic acids is 1. The number of benzene rings is 1. The first-order valence-corrected chi connectivity index (χ1v) is 6.82. The standard InChI is InChI=1S/C16H18O5/c1-3-10-19-12-4-6-13(7-5-12)20-11(2)14-8-9-15(21-14)16(17)18/h4-9,11H,3,10H2,1-2H3,(H,17,18). The molecule has 0 fully saturated rings. The molecule has 112 valence electrons. The van der Waals surface area contributed by atoms with Crippen molar-refractivity contribution in [3.8, 4) is 11.5 Å². The van der Waals surface area contributed by atoms with Gasteiger partial charge in [0.2, 0.25) is 5.76 Å². The van der Waals surface area contributed by atoms with Gasteiger partial charge in [0.1, 0.15) is 17.3 Å². The SMILES string of the molecule is CCCOc1ccc(OC(C)c2ccc(C(=O)O)o2)cc1. The summed E-state index contributed by atoms with van der Waals surface area (Å²) < 4.78 is 16.4. The Hall–Kier alpha value is -2.43. The minimum Gasteiger partial charge on any atom is -0.494 e. The van der Waals surface area contributed by atoms with Crippen molar-refractivity contribution in [2.45, 2.75) is 26.4 Å². The highest BCUT2D eigenvalue weighted by Crippen LogP contribution is 2.25. The average molecular weight is 290 g/mol. The normalized spacial score (nSPS) is 11.9. The number of furan rings is 1. The van der Waals surface area contributed by atoms with E-state index in [1.54, 1.807) is 13.0 Å². The highest BCUT2D eigenvalue weighted by atomic mass is 16.5. The summed E-state index contributed by atoms with van der Waals surface area (Å²) in [5, 5.41) is 8.82. The molecule has 1 heterocycles. The molecule has 0 saturated carbocycles. The molecule has 5 heteroatoms. The third kappa shape index (κ3) is 4.02. The molecule has 0 bridgehead atoms. The molecule has 0 aliphatic carbocycles. The number of rotatable bonds is 7. The molecule has 1 unspecified atom stereocenters. The Morgan fingerprint density at radius 3 is 2.43 bits per heavy atom. The highest BCUT2D eigenvalue weighted by molar-refractivity contribution is 5.84. The van der Waals surface area contributed by atoms with Gasteiger partial charge in [0.05, 0.1) is 6.61 Å². The van der Waals surface area contributed by atoms with E-state index >= 15 is 0 Å². The van der Waals surface area contributed by atoms with Gasteiger partial charge in [-0.1, -0.05) is 6.92 Å². The zero-order valence-electron chi connectivity index (χ0n) is 12.0. The molecule has 0 radical (unpaired) electrons. The summed E-state index contributed by atoms with van der Waals surface area (Å²) in [5.41, 5.74) is 0. The molecule has 5 nitrogen and oxygen atoms in total. The largest absolute Gasteiger partial charge is 0.494 e. The van der Waals surface area contributed by atoms with Gasteiger partial charge in [-0.25, -0.2) is 4.79 Å². The van der Waals surface area contributed by atoms with Gasteiger partial charge in [-0.2, -0.15) is 0 Å². The van der Waals surface area contributed by atoms with Crippen molar-refractivity contribution in [1.29, 1.82) is 0 Å². The monoisotopic (exact) mass is 290 g/mol. The van der Waals surface area contributed by atoms with E-state index in [4.69, 9.17) is 19.0 Å². The molecule has 0 spiro atoms. The maximum absolute atomic E-state index is 10.8. The third-order valence-corrected chi connectivity index (χ3v) is 2.85. The number of carbonyl (C=O) groups is 1. The van der Waals surface area contributed by atoms with Crippen molar-refractivity contribution in [2.75, 3.05) is 6.61 Å². The van der Waals surface area contributed by atoms with E-state index in [2.05, 4.69) is 0 Å². The lowest BCUT2D eigenvalue weighted by Gasteiger charge is -2.13. The number of carboxylic acid groups (broad SMARTS) is 1. The van der Waals surface area contributed by atoms with Crippen molar-refractivity contribution >= 4 is 5.97 Å². The maximum atomic E-state index is 10.8. The van der Waals surface area contributed by atoms with Crippen LogP contribution in [0.5, 0.6) is 11.5 Å². The minimum atomic E-state index is -1.09. The molecular weight excluding hydrogens is 272 g/mol. The first kappa shape index (κ1) is 15.0. The van der Waals surface area contributed by atoms with Crippen LogP contribution in [-0.2, 0) is 0 Å². The molecule has 0 saturated heterocycles. The van der Waals surface area contributed by atoms with Crippen LogP contribution in [0.15, 0.2) is 40.8 Å². The number of ether oxygens (including phenoxy) is 2. The van der Waals surface area contributed by atoms with Crippen molar-refractivity contribution in [1.82, 2.24) is 0 Å². The summed E-state index contributed by atoms with van der Waals surface area (Å²) in [4.78, 5) is 10.8. The zero-order chi connectivity index (χ0) is 15.2. The van der Waals surface area contributed by atoms with E-state index in [1.165, 1.54) is 6.07 Å². The smallest absolute Gasteiger partial charge is 0.371 e. The van der Waals surface area contributed by atoms with Crippen LogP contribution in [0.2, 0.25) is 0 Å². The second kappa shape index (κ2) is 6.83. The van der Waals surface area contributed by atoms with Gasteiger partial charge in [-0.15, -0.1) is 0 Å². The van der Waals surface area contributed by atoms with Crippen molar-refractivity contribution in [3.05, 3.63) is 47.9 Å². The minimum absolute atomic E-state index is 0.0937. The van der Waals surface area contributed by atoms with E-state index in [9.17, 15) is 4.79 Å². The number of carboxylic acids is 1. The molecule has 2 aromatic rings. The molecule has 21 heavy (non-hydrogen) atoms. The first-order valence-electron chi connectivity index (χ1n) is 6.82. The second-order valence-electron chi connectivity index (χ2n) is 4.59. The van der Waals surface area contributed by atoms with Crippen LogP contribution < -0.4 is 9.47 Å². The fraction of sp³-hybridized carbons (Fsp3) is 0.312. The summed E-state index contributed by atoms with van der Waals surface area (Å²) in [6.45, 7) is 4.53. The number of hydrogen-bond donors (Lipinski definition) is 1. The van der Waals surface area contributed by atoms with Crippen LogP contribution in [-0.4, -0.2) is 17.7 Å². The molecular formula is C16H18O5.